The lowest BCUT2D eigenvalue weighted by Gasteiger charge is -2.36. The summed E-state index contributed by atoms with van der Waals surface area (Å²) in [6, 6.07) is 4.31. The van der Waals surface area contributed by atoms with Crippen molar-refractivity contribution in [1.29, 1.82) is 0 Å². The molecule has 2 atom stereocenters. The standard InChI is InChI=1S/C14H21N3O/c1-10-5-4-7-16-13(10)14(18)17-8-6-12(15-3)11(2)9-17/h4-5,7,11-12,15H,6,8-9H2,1-3H3. The Balaban J connectivity index is 2.10. The molecule has 0 aromatic carbocycles. The number of carbonyl (C=O) groups excluding carboxylic acids is 1. The van der Waals surface area contributed by atoms with Crippen LogP contribution in [0.2, 0.25) is 0 Å². The Bertz CT molecular complexity index is 433. The first-order valence-corrected chi connectivity index (χ1v) is 6.51. The molecule has 98 valence electrons. The van der Waals surface area contributed by atoms with Crippen LogP contribution in [0.5, 0.6) is 0 Å². The molecule has 1 fully saturated rings. The van der Waals surface area contributed by atoms with Gasteiger partial charge in [-0.1, -0.05) is 13.0 Å². The summed E-state index contributed by atoms with van der Waals surface area (Å²) < 4.78 is 0. The monoisotopic (exact) mass is 247 g/mol. The molecule has 0 bridgehead atoms. The average Bonchev–Trinajstić information content (AvgIpc) is 2.38. The molecule has 0 aliphatic carbocycles. The van der Waals surface area contributed by atoms with Gasteiger partial charge in [-0.15, -0.1) is 0 Å². The van der Waals surface area contributed by atoms with E-state index in [0.717, 1.165) is 25.1 Å². The lowest BCUT2D eigenvalue weighted by molar-refractivity contribution is 0.0642. The van der Waals surface area contributed by atoms with E-state index in [-0.39, 0.29) is 5.91 Å². The third-order valence-electron chi connectivity index (χ3n) is 3.78. The van der Waals surface area contributed by atoms with Crippen LogP contribution in [0, 0.1) is 12.8 Å². The summed E-state index contributed by atoms with van der Waals surface area (Å²) in [4.78, 5) is 18.5. The normalized spacial score (nSPS) is 24.1. The third kappa shape index (κ3) is 2.53. The molecule has 2 rings (SSSR count). The van der Waals surface area contributed by atoms with E-state index in [9.17, 15) is 4.79 Å². The lowest BCUT2D eigenvalue weighted by atomic mass is 9.93. The number of aromatic nitrogens is 1. The number of amides is 1. The molecule has 18 heavy (non-hydrogen) atoms. The molecule has 1 aromatic heterocycles. The largest absolute Gasteiger partial charge is 0.337 e. The van der Waals surface area contributed by atoms with E-state index in [4.69, 9.17) is 0 Å². The molecular weight excluding hydrogens is 226 g/mol. The van der Waals surface area contributed by atoms with Gasteiger partial charge < -0.3 is 10.2 Å². The van der Waals surface area contributed by atoms with Crippen molar-refractivity contribution in [2.75, 3.05) is 20.1 Å². The fraction of sp³-hybridized carbons (Fsp3) is 0.571. The summed E-state index contributed by atoms with van der Waals surface area (Å²) in [7, 11) is 1.99. The minimum atomic E-state index is 0.0644. The Kier molecular flexibility index (Phi) is 3.97. The summed E-state index contributed by atoms with van der Waals surface area (Å²) in [6.07, 6.45) is 2.69. The number of nitrogens with zero attached hydrogens (tertiary/aromatic N) is 2. The topological polar surface area (TPSA) is 45.2 Å². The summed E-state index contributed by atoms with van der Waals surface area (Å²) in [6.45, 7) is 5.74. The van der Waals surface area contributed by atoms with E-state index in [0.29, 0.717) is 17.7 Å². The number of nitrogens with one attached hydrogen (secondary N) is 1. The molecule has 0 radical (unpaired) electrons. The minimum Gasteiger partial charge on any atom is -0.337 e. The van der Waals surface area contributed by atoms with Gasteiger partial charge in [0.2, 0.25) is 0 Å². The van der Waals surface area contributed by atoms with Crippen LogP contribution in [0.15, 0.2) is 18.3 Å². The number of aryl methyl sites for hydroxylation is 1. The minimum absolute atomic E-state index is 0.0644. The van der Waals surface area contributed by atoms with Gasteiger partial charge in [-0.3, -0.25) is 9.78 Å². The molecule has 1 N–H and O–H groups in total. The highest BCUT2D eigenvalue weighted by Crippen LogP contribution is 2.19. The Morgan fingerprint density at radius 2 is 2.33 bits per heavy atom. The summed E-state index contributed by atoms with van der Waals surface area (Å²) in [5, 5.41) is 3.31. The molecule has 1 aromatic rings. The molecule has 4 nitrogen and oxygen atoms in total. The maximum atomic E-state index is 12.4. The maximum absolute atomic E-state index is 12.4. The van der Waals surface area contributed by atoms with Crippen molar-refractivity contribution in [2.45, 2.75) is 26.3 Å². The zero-order chi connectivity index (χ0) is 13.1. The van der Waals surface area contributed by atoms with E-state index in [2.05, 4.69) is 17.2 Å². The van der Waals surface area contributed by atoms with Gasteiger partial charge in [-0.2, -0.15) is 0 Å². The number of pyridine rings is 1. The predicted octanol–water partition coefficient (Wildman–Crippen LogP) is 1.46. The van der Waals surface area contributed by atoms with Crippen LogP contribution in [0.1, 0.15) is 29.4 Å². The third-order valence-corrected chi connectivity index (χ3v) is 3.78. The fourth-order valence-corrected chi connectivity index (χ4v) is 2.62. The number of hydrogen-bond acceptors (Lipinski definition) is 3. The van der Waals surface area contributed by atoms with Crippen LogP contribution in [-0.4, -0.2) is 42.0 Å². The molecule has 2 unspecified atom stereocenters. The van der Waals surface area contributed by atoms with Crippen molar-refractivity contribution >= 4 is 5.91 Å². The fourth-order valence-electron chi connectivity index (χ4n) is 2.62. The van der Waals surface area contributed by atoms with Gasteiger partial charge >= 0.3 is 0 Å². The molecule has 1 aliphatic rings. The molecule has 0 spiro atoms. The van der Waals surface area contributed by atoms with Crippen LogP contribution < -0.4 is 5.32 Å². The van der Waals surface area contributed by atoms with Crippen molar-refractivity contribution in [3.8, 4) is 0 Å². The molecule has 0 saturated carbocycles. The number of piperidine rings is 1. The zero-order valence-corrected chi connectivity index (χ0v) is 11.3. The zero-order valence-electron chi connectivity index (χ0n) is 11.3. The van der Waals surface area contributed by atoms with Crippen molar-refractivity contribution in [1.82, 2.24) is 15.2 Å². The molecule has 1 amide bonds. The van der Waals surface area contributed by atoms with Crippen molar-refractivity contribution in [2.24, 2.45) is 5.92 Å². The van der Waals surface area contributed by atoms with Crippen LogP contribution >= 0.6 is 0 Å². The second-order valence-corrected chi connectivity index (χ2v) is 5.08. The molecular formula is C14H21N3O. The van der Waals surface area contributed by atoms with Gasteiger partial charge in [0.1, 0.15) is 5.69 Å². The summed E-state index contributed by atoms with van der Waals surface area (Å²) in [5.74, 6) is 0.547. The van der Waals surface area contributed by atoms with Gasteiger partial charge in [-0.25, -0.2) is 0 Å². The predicted molar refractivity (Wildman–Crippen MR) is 71.5 cm³/mol. The molecule has 4 heteroatoms. The second kappa shape index (κ2) is 5.48. The molecule has 2 heterocycles. The number of carbonyl (C=O) groups is 1. The number of hydrogen-bond donors (Lipinski definition) is 1. The van der Waals surface area contributed by atoms with Crippen molar-refractivity contribution < 1.29 is 4.79 Å². The Hall–Kier alpha value is -1.42. The van der Waals surface area contributed by atoms with Gasteiger partial charge in [0.25, 0.3) is 5.91 Å². The van der Waals surface area contributed by atoms with Gasteiger partial charge in [0.05, 0.1) is 0 Å². The van der Waals surface area contributed by atoms with E-state index >= 15 is 0 Å². The first kappa shape index (κ1) is 13.0. The Labute approximate surface area is 108 Å². The Morgan fingerprint density at radius 1 is 1.56 bits per heavy atom. The van der Waals surface area contributed by atoms with E-state index < -0.39 is 0 Å². The number of likely N-dealkylation sites (tertiary alicyclic amines) is 1. The molecule has 1 aliphatic heterocycles. The first-order chi connectivity index (χ1) is 8.63. The summed E-state index contributed by atoms with van der Waals surface area (Å²) in [5.41, 5.74) is 1.54. The molecule has 1 saturated heterocycles. The van der Waals surface area contributed by atoms with Crippen LogP contribution in [0.4, 0.5) is 0 Å². The SMILES string of the molecule is CNC1CCN(C(=O)c2ncccc2C)CC1C. The Morgan fingerprint density at radius 3 is 2.94 bits per heavy atom. The van der Waals surface area contributed by atoms with E-state index in [1.807, 2.05) is 31.0 Å². The first-order valence-electron chi connectivity index (χ1n) is 6.51. The summed E-state index contributed by atoms with van der Waals surface area (Å²) >= 11 is 0. The van der Waals surface area contributed by atoms with Crippen molar-refractivity contribution in [3.63, 3.8) is 0 Å². The van der Waals surface area contributed by atoms with Gasteiger partial charge in [0.15, 0.2) is 0 Å². The van der Waals surface area contributed by atoms with E-state index in [1.54, 1.807) is 6.20 Å². The number of rotatable bonds is 2. The maximum Gasteiger partial charge on any atom is 0.272 e. The highest BCUT2D eigenvalue weighted by molar-refractivity contribution is 5.93. The highest BCUT2D eigenvalue weighted by Gasteiger charge is 2.29. The van der Waals surface area contributed by atoms with Crippen LogP contribution in [-0.2, 0) is 0 Å². The van der Waals surface area contributed by atoms with Crippen LogP contribution in [0.3, 0.4) is 0 Å². The van der Waals surface area contributed by atoms with Gasteiger partial charge in [0, 0.05) is 25.3 Å². The lowest BCUT2D eigenvalue weighted by Crippen LogP contribution is -2.49. The average molecular weight is 247 g/mol. The second-order valence-electron chi connectivity index (χ2n) is 5.08. The highest BCUT2D eigenvalue weighted by atomic mass is 16.2. The smallest absolute Gasteiger partial charge is 0.272 e. The van der Waals surface area contributed by atoms with E-state index in [1.165, 1.54) is 0 Å². The van der Waals surface area contributed by atoms with Crippen molar-refractivity contribution in [3.05, 3.63) is 29.6 Å². The quantitative estimate of drug-likeness (QED) is 0.860. The van der Waals surface area contributed by atoms with Gasteiger partial charge in [-0.05, 0) is 37.9 Å². The van der Waals surface area contributed by atoms with Crippen LogP contribution in [0.25, 0.3) is 0 Å².